The van der Waals surface area contributed by atoms with Crippen LogP contribution in [0.5, 0.6) is 11.5 Å². The van der Waals surface area contributed by atoms with Gasteiger partial charge in [0.05, 0.1) is 24.1 Å². The van der Waals surface area contributed by atoms with Crippen LogP contribution in [0.3, 0.4) is 0 Å². The van der Waals surface area contributed by atoms with Gasteiger partial charge in [-0.15, -0.1) is 0 Å². The molecule has 37 heavy (non-hydrogen) atoms. The van der Waals surface area contributed by atoms with Crippen LogP contribution in [0.25, 0.3) is 11.3 Å². The minimum absolute atomic E-state index is 0.00585. The van der Waals surface area contributed by atoms with Crippen LogP contribution in [-0.2, 0) is 14.3 Å². The Labute approximate surface area is 217 Å². The van der Waals surface area contributed by atoms with E-state index in [0.717, 1.165) is 50.0 Å². The fraction of sp³-hybridized carbons (Fsp3) is 0.536. The highest BCUT2D eigenvalue weighted by atomic mass is 16.6. The van der Waals surface area contributed by atoms with E-state index in [4.69, 9.17) is 14.2 Å². The molecule has 1 aromatic carbocycles. The van der Waals surface area contributed by atoms with Crippen molar-refractivity contribution in [2.45, 2.75) is 38.2 Å². The van der Waals surface area contributed by atoms with Crippen molar-refractivity contribution in [3.8, 4) is 22.8 Å². The van der Waals surface area contributed by atoms with Crippen LogP contribution in [0.1, 0.15) is 32.1 Å². The largest absolute Gasteiger partial charge is 0.486 e. The number of benzene rings is 1. The van der Waals surface area contributed by atoms with Gasteiger partial charge in [0.15, 0.2) is 11.5 Å². The molecule has 1 unspecified atom stereocenters. The third-order valence-corrected chi connectivity index (χ3v) is 7.42. The van der Waals surface area contributed by atoms with Crippen molar-refractivity contribution in [2.75, 3.05) is 51.8 Å². The zero-order valence-corrected chi connectivity index (χ0v) is 21.4. The number of ether oxygens (including phenoxy) is 3. The van der Waals surface area contributed by atoms with Crippen molar-refractivity contribution in [2.24, 2.45) is 11.8 Å². The number of anilines is 1. The molecule has 2 N–H and O–H groups in total. The minimum Gasteiger partial charge on any atom is -0.486 e. The fourth-order valence-electron chi connectivity index (χ4n) is 5.12. The van der Waals surface area contributed by atoms with E-state index >= 15 is 0 Å². The Kier molecular flexibility index (Phi) is 8.21. The first-order chi connectivity index (χ1) is 18.0. The summed E-state index contributed by atoms with van der Waals surface area (Å²) in [6.07, 6.45) is 5.54. The number of piperidine rings is 1. The quantitative estimate of drug-likeness (QED) is 0.593. The highest BCUT2D eigenvalue weighted by Gasteiger charge is 2.27. The van der Waals surface area contributed by atoms with Crippen LogP contribution in [0.4, 0.5) is 5.69 Å². The summed E-state index contributed by atoms with van der Waals surface area (Å²) in [5, 5.41) is 6.00. The fourth-order valence-corrected chi connectivity index (χ4v) is 5.12. The number of hydrogen-bond donors (Lipinski definition) is 2. The van der Waals surface area contributed by atoms with Gasteiger partial charge in [0.2, 0.25) is 11.8 Å². The van der Waals surface area contributed by atoms with E-state index in [1.54, 1.807) is 6.20 Å². The Morgan fingerprint density at radius 1 is 1.08 bits per heavy atom. The number of likely N-dealkylation sites (tertiary alicyclic amines) is 1. The molecule has 1 atom stereocenters. The Balaban J connectivity index is 1.18. The van der Waals surface area contributed by atoms with Gasteiger partial charge in [0.1, 0.15) is 12.7 Å². The molecule has 2 saturated heterocycles. The summed E-state index contributed by atoms with van der Waals surface area (Å²) >= 11 is 0. The average molecular weight is 509 g/mol. The Bertz CT molecular complexity index is 1080. The van der Waals surface area contributed by atoms with Gasteiger partial charge in [-0.05, 0) is 76.0 Å². The summed E-state index contributed by atoms with van der Waals surface area (Å²) in [6.45, 7) is 4.09. The van der Waals surface area contributed by atoms with Gasteiger partial charge >= 0.3 is 0 Å². The molecule has 0 saturated carbocycles. The lowest BCUT2D eigenvalue weighted by Crippen LogP contribution is -2.43. The first-order valence-electron chi connectivity index (χ1n) is 13.3. The molecule has 9 heteroatoms. The summed E-state index contributed by atoms with van der Waals surface area (Å²) < 4.78 is 17.6. The van der Waals surface area contributed by atoms with Gasteiger partial charge < -0.3 is 29.7 Å². The number of aromatic nitrogens is 1. The van der Waals surface area contributed by atoms with E-state index in [2.05, 4.69) is 27.6 Å². The van der Waals surface area contributed by atoms with E-state index < -0.39 is 0 Å². The molecular formula is C28H36N4O5. The molecule has 9 nitrogen and oxygen atoms in total. The number of amides is 2. The Morgan fingerprint density at radius 2 is 1.89 bits per heavy atom. The van der Waals surface area contributed by atoms with E-state index in [9.17, 15) is 9.59 Å². The van der Waals surface area contributed by atoms with E-state index in [1.165, 1.54) is 0 Å². The number of carbonyl (C=O) groups is 2. The average Bonchev–Trinajstić information content (AvgIpc) is 2.93. The van der Waals surface area contributed by atoms with E-state index in [0.29, 0.717) is 55.9 Å². The highest BCUT2D eigenvalue weighted by molar-refractivity contribution is 5.91. The molecule has 2 aromatic rings. The number of nitrogens with zero attached hydrogens (tertiary/aromatic N) is 2. The smallest absolute Gasteiger partial charge is 0.224 e. The molecule has 2 fully saturated rings. The summed E-state index contributed by atoms with van der Waals surface area (Å²) in [4.78, 5) is 31.9. The van der Waals surface area contributed by atoms with Crippen molar-refractivity contribution >= 4 is 17.5 Å². The first-order valence-corrected chi connectivity index (χ1v) is 13.3. The van der Waals surface area contributed by atoms with Crippen LogP contribution in [0.2, 0.25) is 0 Å². The second kappa shape index (κ2) is 11.9. The topological polar surface area (TPSA) is 102 Å². The van der Waals surface area contributed by atoms with Gasteiger partial charge in [-0.25, -0.2) is 0 Å². The summed E-state index contributed by atoms with van der Waals surface area (Å²) in [7, 11) is 2.12. The van der Waals surface area contributed by atoms with Gasteiger partial charge in [-0.3, -0.25) is 14.6 Å². The van der Waals surface area contributed by atoms with Gasteiger partial charge in [0, 0.05) is 31.1 Å². The third kappa shape index (κ3) is 6.59. The van der Waals surface area contributed by atoms with Gasteiger partial charge in [-0.1, -0.05) is 6.07 Å². The zero-order valence-electron chi connectivity index (χ0n) is 21.4. The summed E-state index contributed by atoms with van der Waals surface area (Å²) in [6, 6.07) is 9.45. The standard InChI is InChI=1S/C28H36N4O5/c1-32-11-7-19(8-12-32)15-26(33)31-21-5-6-24(29-16-21)23-3-2-4-25-27(23)37-22(18-36-25)17-30-28(34)20-9-13-35-14-10-20/h2-6,16,19-20,22H,7-15,17-18H2,1H3,(H,30,34)(H,31,33). The van der Waals surface area contributed by atoms with Crippen LogP contribution < -0.4 is 20.1 Å². The molecule has 0 spiro atoms. The molecule has 0 radical (unpaired) electrons. The maximum Gasteiger partial charge on any atom is 0.224 e. The monoisotopic (exact) mass is 508 g/mol. The predicted octanol–water partition coefficient (Wildman–Crippen LogP) is 3.10. The SMILES string of the molecule is CN1CCC(CC(=O)Nc2ccc(-c3cccc4c3OC(CNC(=O)C3CCOCC3)CO4)nc2)CC1. The van der Waals surface area contributed by atoms with E-state index in [-0.39, 0.29) is 23.8 Å². The molecule has 4 heterocycles. The molecule has 3 aliphatic rings. The number of hydrogen-bond acceptors (Lipinski definition) is 7. The molecular weight excluding hydrogens is 472 g/mol. The minimum atomic E-state index is -0.296. The maximum atomic E-state index is 12.5. The molecule has 0 aliphatic carbocycles. The first kappa shape index (κ1) is 25.5. The summed E-state index contributed by atoms with van der Waals surface area (Å²) in [5.41, 5.74) is 2.21. The van der Waals surface area contributed by atoms with Crippen molar-refractivity contribution in [1.82, 2.24) is 15.2 Å². The Morgan fingerprint density at radius 3 is 2.65 bits per heavy atom. The second-order valence-electron chi connectivity index (χ2n) is 10.2. The molecule has 0 bridgehead atoms. The number of fused-ring (bicyclic) bond motifs is 1. The molecule has 5 rings (SSSR count). The maximum absolute atomic E-state index is 12.5. The third-order valence-electron chi connectivity index (χ3n) is 7.42. The van der Waals surface area contributed by atoms with Crippen LogP contribution in [0.15, 0.2) is 36.5 Å². The van der Waals surface area contributed by atoms with Gasteiger partial charge in [-0.2, -0.15) is 0 Å². The lowest BCUT2D eigenvalue weighted by Gasteiger charge is -2.29. The molecule has 3 aliphatic heterocycles. The van der Waals surface area contributed by atoms with Crippen molar-refractivity contribution in [1.29, 1.82) is 0 Å². The Hall–Kier alpha value is -3.17. The highest BCUT2D eigenvalue weighted by Crippen LogP contribution is 2.40. The number of nitrogens with one attached hydrogen (secondary N) is 2. The predicted molar refractivity (Wildman–Crippen MR) is 140 cm³/mol. The van der Waals surface area contributed by atoms with Gasteiger partial charge in [0.25, 0.3) is 0 Å². The molecule has 1 aromatic heterocycles. The summed E-state index contributed by atoms with van der Waals surface area (Å²) in [5.74, 6) is 1.77. The van der Waals surface area contributed by atoms with Crippen molar-refractivity contribution < 1.29 is 23.8 Å². The normalized spacial score (nSPS) is 20.8. The zero-order chi connectivity index (χ0) is 25.6. The molecule has 2 amide bonds. The van der Waals surface area contributed by atoms with Crippen LogP contribution in [0, 0.1) is 11.8 Å². The lowest BCUT2D eigenvalue weighted by atomic mass is 9.93. The van der Waals surface area contributed by atoms with Crippen molar-refractivity contribution in [3.05, 3.63) is 36.5 Å². The lowest BCUT2D eigenvalue weighted by molar-refractivity contribution is -0.128. The number of pyridine rings is 1. The van der Waals surface area contributed by atoms with Crippen LogP contribution >= 0.6 is 0 Å². The number of carbonyl (C=O) groups excluding carboxylic acids is 2. The van der Waals surface area contributed by atoms with Crippen molar-refractivity contribution in [3.63, 3.8) is 0 Å². The van der Waals surface area contributed by atoms with Crippen LogP contribution in [-0.4, -0.2) is 74.3 Å². The number of rotatable bonds is 7. The second-order valence-corrected chi connectivity index (χ2v) is 10.2. The molecule has 198 valence electrons. The number of para-hydroxylation sites is 1. The van der Waals surface area contributed by atoms with E-state index in [1.807, 2.05) is 30.3 Å².